The summed E-state index contributed by atoms with van der Waals surface area (Å²) in [5.41, 5.74) is 8.53. The van der Waals surface area contributed by atoms with Crippen molar-refractivity contribution in [2.24, 2.45) is 0 Å². The summed E-state index contributed by atoms with van der Waals surface area (Å²) >= 11 is 0. The molecule has 0 unspecified atom stereocenters. The quantitative estimate of drug-likeness (QED) is 0.565. The van der Waals surface area contributed by atoms with Crippen LogP contribution in [0.3, 0.4) is 0 Å². The highest BCUT2D eigenvalue weighted by Crippen LogP contribution is 2.32. The van der Waals surface area contributed by atoms with Gasteiger partial charge in [-0.1, -0.05) is 48.5 Å². The van der Waals surface area contributed by atoms with Crippen molar-refractivity contribution in [3.05, 3.63) is 81.9 Å². The van der Waals surface area contributed by atoms with Crippen molar-refractivity contribution in [1.82, 2.24) is 0 Å². The Hall–Kier alpha value is -2.08. The molecule has 0 spiro atoms. The molecular weight excluding hydrogens is 252 g/mol. The molecule has 0 amide bonds. The molecule has 3 aromatic rings. The van der Waals surface area contributed by atoms with E-state index in [1.165, 1.54) is 44.2 Å². The maximum Gasteiger partial charge on any atom is -0.00169 e. The van der Waals surface area contributed by atoms with Crippen LogP contribution in [0, 0.1) is 27.7 Å². The molecule has 21 heavy (non-hydrogen) atoms. The number of rotatable bonds is 2. The summed E-state index contributed by atoms with van der Waals surface area (Å²) in [4.78, 5) is 0. The smallest absolute Gasteiger partial charge is 0.00169 e. The van der Waals surface area contributed by atoms with Gasteiger partial charge < -0.3 is 0 Å². The highest BCUT2D eigenvalue weighted by molar-refractivity contribution is 5.93. The third-order valence-electron chi connectivity index (χ3n) is 4.77. The van der Waals surface area contributed by atoms with Gasteiger partial charge in [0.15, 0.2) is 0 Å². The normalized spacial score (nSPS) is 11.0. The molecule has 3 rings (SSSR count). The fourth-order valence-electron chi connectivity index (χ4n) is 3.34. The predicted molar refractivity (Wildman–Crippen MR) is 92.1 cm³/mol. The fourth-order valence-corrected chi connectivity index (χ4v) is 3.34. The molecular formula is C21H22. The molecule has 0 saturated heterocycles. The van der Waals surface area contributed by atoms with E-state index >= 15 is 0 Å². The van der Waals surface area contributed by atoms with Gasteiger partial charge in [-0.15, -0.1) is 0 Å². The zero-order valence-electron chi connectivity index (χ0n) is 13.3. The Morgan fingerprint density at radius 2 is 1.38 bits per heavy atom. The van der Waals surface area contributed by atoms with Gasteiger partial charge in [0.25, 0.3) is 0 Å². The minimum atomic E-state index is 1.01. The van der Waals surface area contributed by atoms with Crippen LogP contribution in [0.25, 0.3) is 10.8 Å². The lowest BCUT2D eigenvalue weighted by molar-refractivity contribution is 1.14. The molecule has 106 valence electrons. The topological polar surface area (TPSA) is 0 Å². The van der Waals surface area contributed by atoms with E-state index in [9.17, 15) is 0 Å². The molecule has 0 aliphatic rings. The second-order valence-corrected chi connectivity index (χ2v) is 6.01. The van der Waals surface area contributed by atoms with Crippen molar-refractivity contribution in [2.75, 3.05) is 0 Å². The van der Waals surface area contributed by atoms with Crippen LogP contribution in [0.15, 0.2) is 48.5 Å². The van der Waals surface area contributed by atoms with Gasteiger partial charge >= 0.3 is 0 Å². The Balaban J connectivity index is 2.29. The number of hydrogen-bond donors (Lipinski definition) is 0. The molecule has 0 aliphatic carbocycles. The van der Waals surface area contributed by atoms with Gasteiger partial charge in [-0.3, -0.25) is 0 Å². The Bertz CT molecular complexity index is 795. The SMILES string of the molecule is Cc1c(C)c(C)c2c(C)cccc2c1Cc1ccccc1. The lowest BCUT2D eigenvalue weighted by atomic mass is 9.86. The average molecular weight is 274 g/mol. The van der Waals surface area contributed by atoms with Gasteiger partial charge in [-0.25, -0.2) is 0 Å². The monoisotopic (exact) mass is 274 g/mol. The first-order chi connectivity index (χ1) is 10.1. The first kappa shape index (κ1) is 13.9. The number of benzene rings is 3. The van der Waals surface area contributed by atoms with Crippen LogP contribution in [0.5, 0.6) is 0 Å². The molecule has 0 heterocycles. The maximum atomic E-state index is 2.28. The third-order valence-corrected chi connectivity index (χ3v) is 4.77. The standard InChI is InChI=1S/C21H22/c1-14-9-8-12-19-20(13-18-10-6-5-7-11-18)16(3)15(2)17(4)21(14)19/h5-12H,13H2,1-4H3. The van der Waals surface area contributed by atoms with E-state index in [1.807, 2.05) is 0 Å². The summed E-state index contributed by atoms with van der Waals surface area (Å²) in [6.07, 6.45) is 1.01. The van der Waals surface area contributed by atoms with Gasteiger partial charge in [0, 0.05) is 0 Å². The van der Waals surface area contributed by atoms with E-state index in [0.29, 0.717) is 0 Å². The van der Waals surface area contributed by atoms with Crippen molar-refractivity contribution < 1.29 is 0 Å². The lowest BCUT2D eigenvalue weighted by Gasteiger charge is -2.18. The first-order valence-electron chi connectivity index (χ1n) is 7.61. The summed E-state index contributed by atoms with van der Waals surface area (Å²) in [7, 11) is 0. The summed E-state index contributed by atoms with van der Waals surface area (Å²) in [5, 5.41) is 2.85. The van der Waals surface area contributed by atoms with Gasteiger partial charge in [-0.05, 0) is 78.3 Å². The Morgan fingerprint density at radius 3 is 2.10 bits per heavy atom. The second kappa shape index (κ2) is 5.37. The Morgan fingerprint density at radius 1 is 0.667 bits per heavy atom. The molecule has 0 saturated carbocycles. The Kier molecular flexibility index (Phi) is 3.55. The van der Waals surface area contributed by atoms with E-state index < -0.39 is 0 Å². The minimum Gasteiger partial charge on any atom is -0.0622 e. The summed E-state index contributed by atoms with van der Waals surface area (Å²) < 4.78 is 0. The minimum absolute atomic E-state index is 1.01. The largest absolute Gasteiger partial charge is 0.0622 e. The zero-order chi connectivity index (χ0) is 15.0. The van der Waals surface area contributed by atoms with Crippen molar-refractivity contribution in [3.63, 3.8) is 0 Å². The number of aryl methyl sites for hydroxylation is 2. The highest BCUT2D eigenvalue weighted by Gasteiger charge is 2.13. The molecule has 0 nitrogen and oxygen atoms in total. The first-order valence-corrected chi connectivity index (χ1v) is 7.61. The van der Waals surface area contributed by atoms with E-state index in [0.717, 1.165) is 6.42 Å². The van der Waals surface area contributed by atoms with E-state index in [1.54, 1.807) is 0 Å². The molecule has 0 radical (unpaired) electrons. The van der Waals surface area contributed by atoms with Crippen LogP contribution >= 0.6 is 0 Å². The molecule has 0 N–H and O–H groups in total. The van der Waals surface area contributed by atoms with Crippen molar-refractivity contribution in [3.8, 4) is 0 Å². The third kappa shape index (κ3) is 2.35. The fraction of sp³-hybridized carbons (Fsp3) is 0.238. The predicted octanol–water partition coefficient (Wildman–Crippen LogP) is 5.66. The average Bonchev–Trinajstić information content (AvgIpc) is 2.50. The van der Waals surface area contributed by atoms with Crippen molar-refractivity contribution >= 4 is 10.8 Å². The van der Waals surface area contributed by atoms with Gasteiger partial charge in [0.1, 0.15) is 0 Å². The number of fused-ring (bicyclic) bond motifs is 1. The molecule has 0 aromatic heterocycles. The van der Waals surface area contributed by atoms with Crippen LogP contribution in [-0.2, 0) is 6.42 Å². The van der Waals surface area contributed by atoms with Gasteiger partial charge in [0.2, 0.25) is 0 Å². The summed E-state index contributed by atoms with van der Waals surface area (Å²) in [5.74, 6) is 0. The zero-order valence-corrected chi connectivity index (χ0v) is 13.3. The number of hydrogen-bond acceptors (Lipinski definition) is 0. The Labute approximate surface area is 127 Å². The molecule has 0 heteroatoms. The van der Waals surface area contributed by atoms with E-state index in [4.69, 9.17) is 0 Å². The van der Waals surface area contributed by atoms with Gasteiger partial charge in [0.05, 0.1) is 0 Å². The molecule has 0 atom stereocenters. The lowest BCUT2D eigenvalue weighted by Crippen LogP contribution is -2.00. The van der Waals surface area contributed by atoms with Gasteiger partial charge in [-0.2, -0.15) is 0 Å². The van der Waals surface area contributed by atoms with Crippen LogP contribution in [0.2, 0.25) is 0 Å². The molecule has 0 bridgehead atoms. The summed E-state index contributed by atoms with van der Waals surface area (Å²) in [6.45, 7) is 8.99. The molecule has 0 fully saturated rings. The molecule has 3 aromatic carbocycles. The van der Waals surface area contributed by atoms with Crippen LogP contribution in [0.1, 0.15) is 33.4 Å². The van der Waals surface area contributed by atoms with Crippen LogP contribution < -0.4 is 0 Å². The van der Waals surface area contributed by atoms with Crippen LogP contribution in [0.4, 0.5) is 0 Å². The maximum absolute atomic E-state index is 2.28. The van der Waals surface area contributed by atoms with E-state index in [2.05, 4.69) is 76.2 Å². The summed E-state index contributed by atoms with van der Waals surface area (Å²) in [6, 6.07) is 17.4. The van der Waals surface area contributed by atoms with Crippen molar-refractivity contribution in [2.45, 2.75) is 34.1 Å². The van der Waals surface area contributed by atoms with Crippen molar-refractivity contribution in [1.29, 1.82) is 0 Å². The van der Waals surface area contributed by atoms with Crippen LogP contribution in [-0.4, -0.2) is 0 Å². The molecule has 0 aliphatic heterocycles. The highest BCUT2D eigenvalue weighted by atomic mass is 14.2. The van der Waals surface area contributed by atoms with E-state index in [-0.39, 0.29) is 0 Å². The second-order valence-electron chi connectivity index (χ2n) is 6.01.